The third kappa shape index (κ3) is 2.88. The molecule has 2 heterocycles. The molecule has 4 nitrogen and oxygen atoms in total. The molecule has 0 unspecified atom stereocenters. The lowest BCUT2D eigenvalue weighted by Gasteiger charge is -2.40. The van der Waals surface area contributed by atoms with E-state index in [-0.39, 0.29) is 16.2 Å². The molecule has 0 amide bonds. The summed E-state index contributed by atoms with van der Waals surface area (Å²) in [4.78, 5) is 6.05. The highest BCUT2D eigenvalue weighted by molar-refractivity contribution is 7.90. The zero-order valence-electron chi connectivity index (χ0n) is 13.3. The number of aryl methyl sites for hydroxylation is 1. The summed E-state index contributed by atoms with van der Waals surface area (Å²) in [6.45, 7) is 10.2. The highest BCUT2D eigenvalue weighted by Gasteiger charge is 2.51. The summed E-state index contributed by atoms with van der Waals surface area (Å²) >= 11 is 0.732. The van der Waals surface area contributed by atoms with Crippen molar-refractivity contribution in [2.45, 2.75) is 57.7 Å². The van der Waals surface area contributed by atoms with Crippen molar-refractivity contribution < 1.29 is 4.55 Å². The number of rotatable bonds is 2. The molecule has 21 heavy (non-hydrogen) atoms. The molecule has 1 aliphatic heterocycles. The molecular weight excluding hydrogens is 302 g/mol. The Labute approximate surface area is 134 Å². The molecular formula is C15H25N3OS2. The van der Waals surface area contributed by atoms with Crippen molar-refractivity contribution in [1.29, 1.82) is 0 Å². The number of nitrogens with zero attached hydrogens (tertiary/aromatic N) is 1. The number of thiazole rings is 1. The van der Waals surface area contributed by atoms with Crippen LogP contribution in [0.4, 0.5) is 0 Å². The molecule has 1 aromatic rings. The predicted octanol–water partition coefficient (Wildman–Crippen LogP) is 2.47. The summed E-state index contributed by atoms with van der Waals surface area (Å²) < 4.78 is 15.9. The minimum Gasteiger partial charge on any atom is -0.598 e. The highest BCUT2D eigenvalue weighted by Crippen LogP contribution is 2.53. The summed E-state index contributed by atoms with van der Waals surface area (Å²) in [5, 5.41) is 4.57. The van der Waals surface area contributed by atoms with E-state index < -0.39 is 11.4 Å². The second-order valence-corrected chi connectivity index (χ2v) is 10.5. The van der Waals surface area contributed by atoms with Gasteiger partial charge in [-0.05, 0) is 60.0 Å². The minimum atomic E-state index is -1.04. The van der Waals surface area contributed by atoms with Crippen LogP contribution in [-0.4, -0.2) is 27.4 Å². The first-order valence-electron chi connectivity index (χ1n) is 7.67. The lowest BCUT2D eigenvalue weighted by atomic mass is 9.74. The van der Waals surface area contributed by atoms with Crippen molar-refractivity contribution in [1.82, 2.24) is 15.0 Å². The number of nitrogens with one attached hydrogen (secondary N) is 2. The van der Waals surface area contributed by atoms with Crippen LogP contribution in [0.2, 0.25) is 0 Å². The summed E-state index contributed by atoms with van der Waals surface area (Å²) in [5.74, 6) is 0. The first-order chi connectivity index (χ1) is 9.82. The first kappa shape index (κ1) is 15.7. The van der Waals surface area contributed by atoms with Crippen LogP contribution in [0.5, 0.6) is 0 Å². The normalized spacial score (nSPS) is 26.0. The Morgan fingerprint density at radius 3 is 2.67 bits per heavy atom. The fourth-order valence-corrected chi connectivity index (χ4v) is 5.55. The molecule has 1 fully saturated rings. The summed E-state index contributed by atoms with van der Waals surface area (Å²) in [6, 6.07) is 0.195. The van der Waals surface area contributed by atoms with Crippen molar-refractivity contribution in [3.8, 4) is 0 Å². The molecule has 6 heteroatoms. The standard InChI is InChI=1S/C15H25N3OS2/c1-10-17-11-9-15(5-7-16-8-6-15)13(12(11)20-10)18-21(19)14(2,3)4/h13,16,18H,5-9H2,1-4H3/t13-,21-/m1/s1. The summed E-state index contributed by atoms with van der Waals surface area (Å²) in [5.41, 5.74) is 1.44. The van der Waals surface area contributed by atoms with E-state index >= 15 is 0 Å². The Morgan fingerprint density at radius 1 is 1.38 bits per heavy atom. The molecule has 1 spiro atoms. The van der Waals surface area contributed by atoms with E-state index in [1.54, 1.807) is 11.3 Å². The summed E-state index contributed by atoms with van der Waals surface area (Å²) in [7, 11) is 0. The molecule has 0 radical (unpaired) electrons. The Kier molecular flexibility index (Phi) is 4.12. The van der Waals surface area contributed by atoms with Gasteiger partial charge in [0.2, 0.25) is 0 Å². The Balaban J connectivity index is 1.90. The van der Waals surface area contributed by atoms with Crippen LogP contribution < -0.4 is 10.0 Å². The average Bonchev–Trinajstić information content (AvgIpc) is 2.86. The first-order valence-corrected chi connectivity index (χ1v) is 9.63. The van der Waals surface area contributed by atoms with Crippen molar-refractivity contribution in [2.24, 2.45) is 5.41 Å². The molecule has 2 N–H and O–H groups in total. The molecule has 1 saturated heterocycles. The molecule has 2 atom stereocenters. The van der Waals surface area contributed by atoms with Crippen LogP contribution in [0, 0.1) is 12.3 Å². The lowest BCUT2D eigenvalue weighted by Crippen LogP contribution is -2.48. The molecule has 0 saturated carbocycles. The highest BCUT2D eigenvalue weighted by atomic mass is 32.2. The monoisotopic (exact) mass is 327 g/mol. The van der Waals surface area contributed by atoms with E-state index in [4.69, 9.17) is 4.98 Å². The van der Waals surface area contributed by atoms with Gasteiger partial charge in [-0.3, -0.25) is 0 Å². The second-order valence-electron chi connectivity index (χ2n) is 7.26. The SMILES string of the molecule is Cc1nc2c(s1)[C@@H](N[S@+]([O-])C(C)(C)C)C1(CCNCC1)C2. The van der Waals surface area contributed by atoms with Crippen LogP contribution in [0.25, 0.3) is 0 Å². The van der Waals surface area contributed by atoms with E-state index in [9.17, 15) is 4.55 Å². The maximum Gasteiger partial charge on any atom is 0.136 e. The van der Waals surface area contributed by atoms with Gasteiger partial charge in [0.25, 0.3) is 0 Å². The van der Waals surface area contributed by atoms with Crippen molar-refractivity contribution in [2.75, 3.05) is 13.1 Å². The van der Waals surface area contributed by atoms with Gasteiger partial charge in [-0.1, -0.05) is 0 Å². The van der Waals surface area contributed by atoms with Crippen molar-refractivity contribution >= 4 is 22.7 Å². The van der Waals surface area contributed by atoms with Crippen molar-refractivity contribution in [3.63, 3.8) is 0 Å². The molecule has 118 valence electrons. The van der Waals surface area contributed by atoms with Gasteiger partial charge in [-0.25, -0.2) is 4.98 Å². The van der Waals surface area contributed by atoms with E-state index in [2.05, 4.69) is 17.0 Å². The maximum atomic E-state index is 12.6. The van der Waals surface area contributed by atoms with Gasteiger partial charge in [-0.2, -0.15) is 0 Å². The van der Waals surface area contributed by atoms with E-state index in [0.717, 1.165) is 37.4 Å². The van der Waals surface area contributed by atoms with Gasteiger partial charge in [0.05, 0.1) is 16.7 Å². The van der Waals surface area contributed by atoms with Crippen LogP contribution in [-0.2, 0) is 17.8 Å². The quantitative estimate of drug-likeness (QED) is 0.819. The van der Waals surface area contributed by atoms with E-state index in [1.165, 1.54) is 10.6 Å². The molecule has 3 rings (SSSR count). The Hall–Kier alpha value is -0.140. The fraction of sp³-hybridized carbons (Fsp3) is 0.800. The van der Waals surface area contributed by atoms with Gasteiger partial charge in [0.15, 0.2) is 0 Å². The Bertz CT molecular complexity index is 517. The van der Waals surface area contributed by atoms with Gasteiger partial charge in [-0.15, -0.1) is 16.1 Å². The van der Waals surface area contributed by atoms with Crippen LogP contribution in [0.1, 0.15) is 55.2 Å². The number of aromatic nitrogens is 1. The zero-order valence-corrected chi connectivity index (χ0v) is 14.9. The van der Waals surface area contributed by atoms with E-state index in [0.29, 0.717) is 0 Å². The van der Waals surface area contributed by atoms with Crippen LogP contribution in [0.3, 0.4) is 0 Å². The average molecular weight is 328 g/mol. The minimum absolute atomic E-state index is 0.195. The maximum absolute atomic E-state index is 12.6. The van der Waals surface area contributed by atoms with E-state index in [1.807, 2.05) is 20.8 Å². The van der Waals surface area contributed by atoms with Crippen LogP contribution in [0.15, 0.2) is 0 Å². The molecule has 2 aliphatic rings. The van der Waals surface area contributed by atoms with Gasteiger partial charge in [0, 0.05) is 21.7 Å². The second kappa shape index (κ2) is 5.49. The molecule has 1 aromatic heterocycles. The fourth-order valence-electron chi connectivity index (χ4n) is 3.40. The third-order valence-corrected chi connectivity index (χ3v) is 7.25. The third-order valence-electron chi connectivity index (χ3n) is 4.61. The largest absolute Gasteiger partial charge is 0.598 e. The number of fused-ring (bicyclic) bond motifs is 1. The molecule has 0 bridgehead atoms. The van der Waals surface area contributed by atoms with Gasteiger partial charge >= 0.3 is 0 Å². The predicted molar refractivity (Wildman–Crippen MR) is 88.9 cm³/mol. The smallest absolute Gasteiger partial charge is 0.136 e. The summed E-state index contributed by atoms with van der Waals surface area (Å²) in [6.07, 6.45) is 3.30. The zero-order chi connectivity index (χ0) is 15.3. The molecule has 1 aliphatic carbocycles. The number of hydrogen-bond acceptors (Lipinski definition) is 5. The van der Waals surface area contributed by atoms with Gasteiger partial charge < -0.3 is 9.87 Å². The van der Waals surface area contributed by atoms with Gasteiger partial charge in [0.1, 0.15) is 4.75 Å². The number of hydrogen-bond donors (Lipinski definition) is 2. The number of piperidine rings is 1. The Morgan fingerprint density at radius 2 is 2.05 bits per heavy atom. The topological polar surface area (TPSA) is 60.0 Å². The van der Waals surface area contributed by atoms with Crippen LogP contribution >= 0.6 is 11.3 Å². The molecule has 0 aromatic carbocycles. The van der Waals surface area contributed by atoms with Crippen molar-refractivity contribution in [3.05, 3.63) is 15.6 Å². The lowest BCUT2D eigenvalue weighted by molar-refractivity contribution is 0.164.